The Morgan fingerprint density at radius 1 is 1.89 bits per heavy atom. The molecule has 1 aromatic rings. The van der Waals surface area contributed by atoms with Gasteiger partial charge in [-0.2, -0.15) is 0 Å². The first-order valence-electron chi connectivity index (χ1n) is 2.99. The summed E-state index contributed by atoms with van der Waals surface area (Å²) in [6.07, 6.45) is 1.99. The summed E-state index contributed by atoms with van der Waals surface area (Å²) in [6.45, 7) is 2.84. The van der Waals surface area contributed by atoms with Crippen LogP contribution in [0.4, 0.5) is 0 Å². The van der Waals surface area contributed by atoms with Crippen molar-refractivity contribution in [2.24, 2.45) is 0 Å². The Morgan fingerprint density at radius 3 is 3.11 bits per heavy atom. The minimum atomic E-state index is 0.288. The molecule has 0 amide bonds. The standard InChI is InChI=1S/C6H8N2O/c1-4-6(5-2-9-5)8-3-7-4/h3,5H,2H2,1H3,(H,7,8)/t5-/m0/s1. The van der Waals surface area contributed by atoms with E-state index in [2.05, 4.69) is 9.97 Å². The summed E-state index contributed by atoms with van der Waals surface area (Å²) in [6, 6.07) is 0. The van der Waals surface area contributed by atoms with Crippen molar-refractivity contribution in [3.8, 4) is 0 Å². The maximum absolute atomic E-state index is 5.05. The Hall–Kier alpha value is -0.830. The highest BCUT2D eigenvalue weighted by atomic mass is 16.6. The zero-order chi connectivity index (χ0) is 6.27. The summed E-state index contributed by atoms with van der Waals surface area (Å²) in [4.78, 5) is 7.10. The molecule has 1 fully saturated rings. The topological polar surface area (TPSA) is 41.2 Å². The summed E-state index contributed by atoms with van der Waals surface area (Å²) >= 11 is 0. The zero-order valence-corrected chi connectivity index (χ0v) is 5.22. The highest BCUT2D eigenvalue weighted by Gasteiger charge is 2.28. The van der Waals surface area contributed by atoms with Gasteiger partial charge < -0.3 is 9.72 Å². The van der Waals surface area contributed by atoms with Crippen molar-refractivity contribution in [1.82, 2.24) is 9.97 Å². The number of rotatable bonds is 1. The van der Waals surface area contributed by atoms with E-state index in [1.807, 2.05) is 6.92 Å². The van der Waals surface area contributed by atoms with Crippen LogP contribution in [-0.4, -0.2) is 16.6 Å². The summed E-state index contributed by atoms with van der Waals surface area (Å²) in [5.74, 6) is 0. The molecule has 0 saturated carbocycles. The fourth-order valence-electron chi connectivity index (χ4n) is 0.900. The van der Waals surface area contributed by atoms with E-state index in [0.29, 0.717) is 0 Å². The minimum Gasteiger partial charge on any atom is -0.366 e. The molecule has 0 spiro atoms. The van der Waals surface area contributed by atoms with Crippen LogP contribution in [0.3, 0.4) is 0 Å². The Morgan fingerprint density at radius 2 is 2.67 bits per heavy atom. The van der Waals surface area contributed by atoms with Crippen LogP contribution in [0.5, 0.6) is 0 Å². The van der Waals surface area contributed by atoms with Crippen LogP contribution in [0.2, 0.25) is 0 Å². The number of hydrogen-bond donors (Lipinski definition) is 1. The van der Waals surface area contributed by atoms with E-state index >= 15 is 0 Å². The van der Waals surface area contributed by atoms with Crippen LogP contribution in [-0.2, 0) is 4.74 Å². The number of H-pyrrole nitrogens is 1. The highest BCUT2D eigenvalue weighted by Crippen LogP contribution is 2.29. The number of ether oxygens (including phenoxy) is 1. The molecule has 1 aliphatic heterocycles. The first-order chi connectivity index (χ1) is 4.38. The molecule has 1 aromatic heterocycles. The van der Waals surface area contributed by atoms with Crippen molar-refractivity contribution in [2.75, 3.05) is 6.61 Å². The average molecular weight is 124 g/mol. The average Bonchev–Trinajstić information content (AvgIpc) is 2.58. The number of aryl methyl sites for hydroxylation is 1. The van der Waals surface area contributed by atoms with Gasteiger partial charge in [0, 0.05) is 5.69 Å². The fourth-order valence-corrected chi connectivity index (χ4v) is 0.900. The van der Waals surface area contributed by atoms with E-state index in [1.54, 1.807) is 6.33 Å². The number of aromatic nitrogens is 2. The molecule has 3 heteroatoms. The smallest absolute Gasteiger partial charge is 0.125 e. The third kappa shape index (κ3) is 0.733. The van der Waals surface area contributed by atoms with Gasteiger partial charge in [0.25, 0.3) is 0 Å². The second kappa shape index (κ2) is 1.57. The van der Waals surface area contributed by atoms with Crippen molar-refractivity contribution < 1.29 is 4.74 Å². The summed E-state index contributed by atoms with van der Waals surface area (Å²) < 4.78 is 5.05. The quantitative estimate of drug-likeness (QED) is 0.562. The molecule has 1 aliphatic rings. The molecule has 0 aliphatic carbocycles. The van der Waals surface area contributed by atoms with Crippen molar-refractivity contribution in [2.45, 2.75) is 13.0 Å². The monoisotopic (exact) mass is 124 g/mol. The van der Waals surface area contributed by atoms with E-state index in [-0.39, 0.29) is 6.10 Å². The van der Waals surface area contributed by atoms with Gasteiger partial charge >= 0.3 is 0 Å². The molecule has 1 atom stereocenters. The van der Waals surface area contributed by atoms with E-state index in [9.17, 15) is 0 Å². The predicted molar refractivity (Wildman–Crippen MR) is 32.0 cm³/mol. The second-order valence-electron chi connectivity index (χ2n) is 2.23. The van der Waals surface area contributed by atoms with E-state index in [4.69, 9.17) is 4.74 Å². The van der Waals surface area contributed by atoms with E-state index in [0.717, 1.165) is 18.0 Å². The number of imidazole rings is 1. The largest absolute Gasteiger partial charge is 0.366 e. The highest BCUT2D eigenvalue weighted by molar-refractivity contribution is 5.14. The lowest BCUT2D eigenvalue weighted by atomic mass is 10.3. The van der Waals surface area contributed by atoms with Crippen molar-refractivity contribution in [3.05, 3.63) is 17.7 Å². The molecule has 3 nitrogen and oxygen atoms in total. The predicted octanol–water partition coefficient (Wildman–Crippen LogP) is 0.789. The number of hydrogen-bond acceptors (Lipinski definition) is 2. The van der Waals surface area contributed by atoms with Crippen LogP contribution in [0.25, 0.3) is 0 Å². The van der Waals surface area contributed by atoms with Crippen molar-refractivity contribution in [1.29, 1.82) is 0 Å². The molecule has 9 heavy (non-hydrogen) atoms. The van der Waals surface area contributed by atoms with E-state index in [1.165, 1.54) is 0 Å². The van der Waals surface area contributed by atoms with Crippen molar-refractivity contribution >= 4 is 0 Å². The van der Waals surface area contributed by atoms with Crippen LogP contribution in [0, 0.1) is 6.92 Å². The Balaban J connectivity index is 2.35. The normalized spacial score (nSPS) is 24.3. The van der Waals surface area contributed by atoms with Gasteiger partial charge in [0.05, 0.1) is 18.6 Å². The zero-order valence-electron chi connectivity index (χ0n) is 5.22. The molecule has 2 heterocycles. The Labute approximate surface area is 53.1 Å². The van der Waals surface area contributed by atoms with Crippen LogP contribution >= 0.6 is 0 Å². The minimum absolute atomic E-state index is 0.288. The fraction of sp³-hybridized carbons (Fsp3) is 0.500. The molecule has 0 bridgehead atoms. The SMILES string of the molecule is Cc1[nH]cnc1[C@@H]1CO1. The van der Waals surface area contributed by atoms with Gasteiger partial charge in [-0.15, -0.1) is 0 Å². The third-order valence-electron chi connectivity index (χ3n) is 1.51. The van der Waals surface area contributed by atoms with Gasteiger partial charge in [-0.1, -0.05) is 0 Å². The van der Waals surface area contributed by atoms with Gasteiger partial charge in [0.1, 0.15) is 6.10 Å². The third-order valence-corrected chi connectivity index (χ3v) is 1.51. The van der Waals surface area contributed by atoms with Gasteiger partial charge in [0.15, 0.2) is 0 Å². The lowest BCUT2D eigenvalue weighted by Gasteiger charge is -1.86. The molecular weight excluding hydrogens is 116 g/mol. The molecule has 48 valence electrons. The molecular formula is C6H8N2O. The van der Waals surface area contributed by atoms with Gasteiger partial charge in [-0.25, -0.2) is 4.98 Å². The molecule has 0 radical (unpaired) electrons. The maximum atomic E-state index is 5.05. The van der Waals surface area contributed by atoms with Gasteiger partial charge in [-0.05, 0) is 6.92 Å². The first kappa shape index (κ1) is 4.99. The number of nitrogens with one attached hydrogen (secondary N) is 1. The lowest BCUT2D eigenvalue weighted by Crippen LogP contribution is -1.82. The first-order valence-corrected chi connectivity index (χ1v) is 2.99. The summed E-state index contributed by atoms with van der Waals surface area (Å²) in [5, 5.41) is 0. The Kier molecular flexibility index (Phi) is 0.873. The van der Waals surface area contributed by atoms with Crippen molar-refractivity contribution in [3.63, 3.8) is 0 Å². The van der Waals surface area contributed by atoms with Gasteiger partial charge in [-0.3, -0.25) is 0 Å². The van der Waals surface area contributed by atoms with Crippen LogP contribution in [0.1, 0.15) is 17.5 Å². The van der Waals surface area contributed by atoms with E-state index < -0.39 is 0 Å². The molecule has 2 rings (SSSR count). The molecule has 1 saturated heterocycles. The second-order valence-corrected chi connectivity index (χ2v) is 2.23. The molecule has 0 aromatic carbocycles. The van der Waals surface area contributed by atoms with Gasteiger partial charge in [0.2, 0.25) is 0 Å². The Bertz CT molecular complexity index is 215. The van der Waals surface area contributed by atoms with Crippen LogP contribution < -0.4 is 0 Å². The maximum Gasteiger partial charge on any atom is 0.125 e. The lowest BCUT2D eigenvalue weighted by molar-refractivity contribution is 0.411. The molecule has 1 N–H and O–H groups in total. The number of nitrogens with zero attached hydrogens (tertiary/aromatic N) is 1. The number of aromatic amines is 1. The summed E-state index contributed by atoms with van der Waals surface area (Å²) in [7, 11) is 0. The number of epoxide rings is 1. The molecule has 0 unspecified atom stereocenters. The summed E-state index contributed by atoms with van der Waals surface area (Å²) in [5.41, 5.74) is 2.19. The van der Waals surface area contributed by atoms with Crippen LogP contribution in [0.15, 0.2) is 6.33 Å².